The molecule has 2 aromatic heterocycles. The Morgan fingerprint density at radius 3 is 2.67 bits per heavy atom. The maximum absolute atomic E-state index is 13.1. The molecule has 0 radical (unpaired) electrons. The van der Waals surface area contributed by atoms with Gasteiger partial charge in [0.2, 0.25) is 0 Å². The maximum Gasteiger partial charge on any atom is 0.159 e. The van der Waals surface area contributed by atoms with Gasteiger partial charge >= 0.3 is 0 Å². The van der Waals surface area contributed by atoms with E-state index < -0.39 is 0 Å². The first kappa shape index (κ1) is 15.8. The largest absolute Gasteiger partial charge is 0.261 e. The number of anilines is 1. The Morgan fingerprint density at radius 1 is 1.12 bits per heavy atom. The van der Waals surface area contributed by atoms with Crippen molar-refractivity contribution in [1.29, 1.82) is 0 Å². The third-order valence-corrected chi connectivity index (χ3v) is 3.29. The Balaban J connectivity index is 1.83. The summed E-state index contributed by atoms with van der Waals surface area (Å²) in [6, 6.07) is 9.92. The van der Waals surface area contributed by atoms with Crippen LogP contribution in [0, 0.1) is 26.6 Å². The number of rotatable bonds is 4. The lowest BCUT2D eigenvalue weighted by atomic mass is 10.2. The van der Waals surface area contributed by atoms with Crippen LogP contribution in [0.1, 0.15) is 22.8 Å². The van der Waals surface area contributed by atoms with Crippen molar-refractivity contribution in [3.05, 3.63) is 65.0 Å². The number of hydrogen-bond donors (Lipinski definition) is 1. The third-order valence-electron chi connectivity index (χ3n) is 3.29. The molecule has 1 N–H and O–H groups in total. The second-order valence-electron chi connectivity index (χ2n) is 5.42. The van der Waals surface area contributed by atoms with E-state index in [-0.39, 0.29) is 5.82 Å². The summed E-state index contributed by atoms with van der Waals surface area (Å²) in [5.74, 6) is 1.50. The highest BCUT2D eigenvalue weighted by molar-refractivity contribution is 5.80. The van der Waals surface area contributed by atoms with Crippen LogP contribution in [-0.2, 0) is 0 Å². The SMILES string of the molecule is Cc1cc(C)n(-c2cc(NN=Cc3cccc(F)c3)nc(C)n2)n1. The van der Waals surface area contributed by atoms with Crippen molar-refractivity contribution in [2.24, 2.45) is 5.10 Å². The van der Waals surface area contributed by atoms with Crippen molar-refractivity contribution in [3.63, 3.8) is 0 Å². The van der Waals surface area contributed by atoms with E-state index in [1.54, 1.807) is 29.8 Å². The summed E-state index contributed by atoms with van der Waals surface area (Å²) in [5, 5.41) is 8.51. The molecule has 0 fully saturated rings. The van der Waals surface area contributed by atoms with Crippen LogP contribution in [0.25, 0.3) is 5.82 Å². The number of halogens is 1. The quantitative estimate of drug-likeness (QED) is 0.591. The Bertz CT molecular complexity index is 900. The van der Waals surface area contributed by atoms with Gasteiger partial charge in [0.15, 0.2) is 11.6 Å². The molecule has 0 aliphatic rings. The molecular formula is C17H17FN6. The summed E-state index contributed by atoms with van der Waals surface area (Å²) in [7, 11) is 0. The van der Waals surface area contributed by atoms with E-state index in [4.69, 9.17) is 0 Å². The van der Waals surface area contributed by atoms with Gasteiger partial charge in [-0.3, -0.25) is 5.43 Å². The number of nitrogens with zero attached hydrogens (tertiary/aromatic N) is 5. The van der Waals surface area contributed by atoms with Crippen LogP contribution in [0.3, 0.4) is 0 Å². The zero-order chi connectivity index (χ0) is 17.1. The lowest BCUT2D eigenvalue weighted by molar-refractivity contribution is 0.627. The van der Waals surface area contributed by atoms with Gasteiger partial charge in [-0.15, -0.1) is 0 Å². The fraction of sp³-hybridized carbons (Fsp3) is 0.176. The molecule has 3 aromatic rings. The molecule has 122 valence electrons. The van der Waals surface area contributed by atoms with E-state index in [9.17, 15) is 4.39 Å². The van der Waals surface area contributed by atoms with Gasteiger partial charge < -0.3 is 0 Å². The molecule has 2 heterocycles. The predicted molar refractivity (Wildman–Crippen MR) is 91.0 cm³/mol. The van der Waals surface area contributed by atoms with Crippen LogP contribution in [0.15, 0.2) is 41.5 Å². The smallest absolute Gasteiger partial charge is 0.159 e. The van der Waals surface area contributed by atoms with Gasteiger partial charge in [0, 0.05) is 11.8 Å². The lowest BCUT2D eigenvalue weighted by Crippen LogP contribution is -2.06. The van der Waals surface area contributed by atoms with Crippen molar-refractivity contribution < 1.29 is 4.39 Å². The predicted octanol–water partition coefficient (Wildman–Crippen LogP) is 3.17. The molecule has 1 aromatic carbocycles. The first-order valence-corrected chi connectivity index (χ1v) is 7.45. The molecule has 0 amide bonds. The highest BCUT2D eigenvalue weighted by Crippen LogP contribution is 2.14. The fourth-order valence-electron chi connectivity index (χ4n) is 2.34. The Kier molecular flexibility index (Phi) is 4.33. The van der Waals surface area contributed by atoms with Gasteiger partial charge in [-0.2, -0.15) is 10.2 Å². The van der Waals surface area contributed by atoms with Gasteiger partial charge in [-0.05, 0) is 44.5 Å². The molecule has 0 aliphatic carbocycles. The zero-order valence-corrected chi connectivity index (χ0v) is 13.7. The van der Waals surface area contributed by atoms with E-state index >= 15 is 0 Å². The average molecular weight is 324 g/mol. The van der Waals surface area contributed by atoms with Crippen molar-refractivity contribution in [2.75, 3.05) is 5.43 Å². The topological polar surface area (TPSA) is 68.0 Å². The van der Waals surface area contributed by atoms with Gasteiger partial charge in [-0.1, -0.05) is 12.1 Å². The number of hydrogen-bond acceptors (Lipinski definition) is 5. The van der Waals surface area contributed by atoms with Gasteiger partial charge in [-0.25, -0.2) is 19.0 Å². The number of aromatic nitrogens is 4. The summed E-state index contributed by atoms with van der Waals surface area (Å²) in [5.41, 5.74) is 5.41. The zero-order valence-electron chi connectivity index (χ0n) is 13.7. The second-order valence-corrected chi connectivity index (χ2v) is 5.42. The van der Waals surface area contributed by atoms with E-state index in [0.29, 0.717) is 23.0 Å². The van der Waals surface area contributed by atoms with Crippen LogP contribution in [0.2, 0.25) is 0 Å². The third kappa shape index (κ3) is 3.62. The van der Waals surface area contributed by atoms with E-state index in [0.717, 1.165) is 11.4 Å². The van der Waals surface area contributed by atoms with Crippen LogP contribution in [-0.4, -0.2) is 26.0 Å². The molecule has 0 aliphatic heterocycles. The lowest BCUT2D eigenvalue weighted by Gasteiger charge is -2.07. The van der Waals surface area contributed by atoms with Crippen LogP contribution >= 0.6 is 0 Å². The van der Waals surface area contributed by atoms with Gasteiger partial charge in [0.25, 0.3) is 0 Å². The normalized spacial score (nSPS) is 11.2. The Morgan fingerprint density at radius 2 is 1.96 bits per heavy atom. The molecule has 24 heavy (non-hydrogen) atoms. The summed E-state index contributed by atoms with van der Waals surface area (Å²) >= 11 is 0. The van der Waals surface area contributed by atoms with Crippen molar-refractivity contribution in [1.82, 2.24) is 19.7 Å². The van der Waals surface area contributed by atoms with Crippen LogP contribution < -0.4 is 5.43 Å². The molecule has 0 unspecified atom stereocenters. The highest BCUT2D eigenvalue weighted by Gasteiger charge is 2.08. The Hall–Kier alpha value is -3.09. The molecule has 0 spiro atoms. The summed E-state index contributed by atoms with van der Waals surface area (Å²) in [4.78, 5) is 8.70. The standard InChI is InChI=1S/C17H17FN6/c1-11-7-12(2)24(23-11)17-9-16(20-13(3)21-17)22-19-10-14-5-4-6-15(18)8-14/h4-10H,1-3H3,(H,20,21,22). The van der Waals surface area contributed by atoms with Crippen molar-refractivity contribution >= 4 is 12.0 Å². The molecule has 0 saturated carbocycles. The van der Waals surface area contributed by atoms with Gasteiger partial charge in [0.05, 0.1) is 11.9 Å². The van der Waals surface area contributed by atoms with Crippen LogP contribution in [0.4, 0.5) is 10.2 Å². The molecule has 0 saturated heterocycles. The highest BCUT2D eigenvalue weighted by atomic mass is 19.1. The van der Waals surface area contributed by atoms with E-state index in [1.807, 2.05) is 19.9 Å². The molecule has 3 rings (SSSR count). The van der Waals surface area contributed by atoms with Crippen molar-refractivity contribution in [3.8, 4) is 5.82 Å². The molecular weight excluding hydrogens is 307 g/mol. The summed E-state index contributed by atoms with van der Waals surface area (Å²) < 4.78 is 14.9. The molecule has 0 atom stereocenters. The number of nitrogens with one attached hydrogen (secondary N) is 1. The second kappa shape index (κ2) is 6.57. The van der Waals surface area contributed by atoms with Gasteiger partial charge in [0.1, 0.15) is 11.6 Å². The minimum absolute atomic E-state index is 0.302. The van der Waals surface area contributed by atoms with Crippen LogP contribution in [0.5, 0.6) is 0 Å². The fourth-order valence-corrected chi connectivity index (χ4v) is 2.34. The van der Waals surface area contributed by atoms with E-state index in [2.05, 4.69) is 25.6 Å². The molecule has 6 nitrogen and oxygen atoms in total. The van der Waals surface area contributed by atoms with Crippen molar-refractivity contribution in [2.45, 2.75) is 20.8 Å². The molecule has 0 bridgehead atoms. The monoisotopic (exact) mass is 324 g/mol. The summed E-state index contributed by atoms with van der Waals surface area (Å²) in [6.45, 7) is 5.70. The summed E-state index contributed by atoms with van der Waals surface area (Å²) in [6.07, 6.45) is 1.53. The molecule has 7 heteroatoms. The number of benzene rings is 1. The van der Waals surface area contributed by atoms with E-state index in [1.165, 1.54) is 18.3 Å². The minimum atomic E-state index is -0.302. The first-order valence-electron chi connectivity index (χ1n) is 7.45. The average Bonchev–Trinajstić information content (AvgIpc) is 2.85. The minimum Gasteiger partial charge on any atom is -0.261 e. The maximum atomic E-state index is 13.1. The number of hydrazone groups is 1. The first-order chi connectivity index (χ1) is 11.5. The number of aryl methyl sites for hydroxylation is 3. The Labute approximate surface area is 139 Å².